The minimum absolute atomic E-state index is 0.106. The third-order valence-electron chi connectivity index (χ3n) is 5.32. The van der Waals surface area contributed by atoms with E-state index in [9.17, 15) is 4.79 Å². The Balaban J connectivity index is 1.32. The lowest BCUT2D eigenvalue weighted by atomic mass is 10.00. The Morgan fingerprint density at radius 3 is 2.50 bits per heavy atom. The van der Waals surface area contributed by atoms with E-state index in [2.05, 4.69) is 63.5 Å². The number of nitrogens with one attached hydrogen (secondary N) is 1. The second-order valence-electron chi connectivity index (χ2n) is 7.09. The van der Waals surface area contributed by atoms with Crippen LogP contribution >= 0.6 is 0 Å². The van der Waals surface area contributed by atoms with Gasteiger partial charge in [-0.05, 0) is 29.3 Å². The molecule has 6 nitrogen and oxygen atoms in total. The number of aromatic nitrogens is 2. The zero-order chi connectivity index (χ0) is 19.3. The molecule has 6 heteroatoms. The predicted molar refractivity (Wildman–Crippen MR) is 111 cm³/mol. The lowest BCUT2D eigenvalue weighted by Gasteiger charge is -2.35. The fourth-order valence-electron chi connectivity index (χ4n) is 3.70. The van der Waals surface area contributed by atoms with Crippen LogP contribution in [-0.4, -0.2) is 53.5 Å². The third kappa shape index (κ3) is 3.97. The number of carbonyl (C=O) groups excluding carboxylic acids is 1. The molecule has 1 atom stereocenters. The molecular weight excluding hydrogens is 350 g/mol. The first-order chi connectivity index (χ1) is 13.7. The summed E-state index contributed by atoms with van der Waals surface area (Å²) in [4.78, 5) is 25.3. The van der Waals surface area contributed by atoms with Gasteiger partial charge in [0.2, 0.25) is 11.9 Å². The van der Waals surface area contributed by atoms with Crippen molar-refractivity contribution < 1.29 is 4.79 Å². The van der Waals surface area contributed by atoms with Crippen molar-refractivity contribution in [2.24, 2.45) is 0 Å². The van der Waals surface area contributed by atoms with Gasteiger partial charge in [-0.15, -0.1) is 0 Å². The van der Waals surface area contributed by atoms with Crippen LogP contribution in [0.4, 0.5) is 5.95 Å². The van der Waals surface area contributed by atoms with E-state index < -0.39 is 0 Å². The first kappa shape index (κ1) is 18.4. The van der Waals surface area contributed by atoms with Crippen LogP contribution in [0.5, 0.6) is 0 Å². The molecule has 1 aromatic heterocycles. The second-order valence-corrected chi connectivity index (χ2v) is 7.09. The number of rotatable bonds is 5. The molecule has 1 aliphatic rings. The van der Waals surface area contributed by atoms with Crippen molar-refractivity contribution in [1.82, 2.24) is 20.2 Å². The third-order valence-corrected chi connectivity index (χ3v) is 5.32. The van der Waals surface area contributed by atoms with Crippen molar-refractivity contribution in [2.45, 2.75) is 13.0 Å². The molecule has 0 bridgehead atoms. The van der Waals surface area contributed by atoms with E-state index in [0.717, 1.165) is 19.0 Å². The summed E-state index contributed by atoms with van der Waals surface area (Å²) in [5.41, 5.74) is 1.22. The Hall–Kier alpha value is -2.99. The molecule has 1 amide bonds. The Morgan fingerprint density at radius 2 is 1.71 bits per heavy atom. The number of anilines is 1. The molecule has 28 heavy (non-hydrogen) atoms. The topological polar surface area (TPSA) is 61.4 Å². The average molecular weight is 375 g/mol. The van der Waals surface area contributed by atoms with Crippen LogP contribution in [0.25, 0.3) is 10.8 Å². The average Bonchev–Trinajstić information content (AvgIpc) is 2.77. The molecule has 0 aliphatic carbocycles. The van der Waals surface area contributed by atoms with Gasteiger partial charge in [0, 0.05) is 44.6 Å². The van der Waals surface area contributed by atoms with Gasteiger partial charge in [-0.25, -0.2) is 9.97 Å². The summed E-state index contributed by atoms with van der Waals surface area (Å²) < 4.78 is 0. The smallest absolute Gasteiger partial charge is 0.236 e. The zero-order valence-electron chi connectivity index (χ0n) is 16.1. The van der Waals surface area contributed by atoms with E-state index in [-0.39, 0.29) is 11.9 Å². The summed E-state index contributed by atoms with van der Waals surface area (Å²) in [7, 11) is 0. The molecule has 0 saturated carbocycles. The molecule has 1 saturated heterocycles. The van der Waals surface area contributed by atoms with Gasteiger partial charge in [-0.1, -0.05) is 42.5 Å². The highest BCUT2D eigenvalue weighted by Crippen LogP contribution is 2.23. The molecule has 1 aliphatic heterocycles. The van der Waals surface area contributed by atoms with Crippen LogP contribution in [0, 0.1) is 0 Å². The number of piperazine rings is 1. The van der Waals surface area contributed by atoms with Gasteiger partial charge in [0.25, 0.3) is 0 Å². The number of benzene rings is 2. The molecule has 144 valence electrons. The molecule has 2 heterocycles. The number of nitrogens with zero attached hydrogens (tertiary/aromatic N) is 4. The second kappa shape index (κ2) is 8.35. The zero-order valence-corrected chi connectivity index (χ0v) is 16.1. The van der Waals surface area contributed by atoms with E-state index in [0.29, 0.717) is 19.6 Å². The standard InChI is InChI=1S/C22H25N5O/c1-17(19-9-4-7-18-6-2-3-8-20(18)19)25-16-21(28)26-12-14-27(15-13-26)22-23-10-5-11-24-22/h2-11,17,25H,12-16H2,1H3/t17-/m1/s1. The van der Waals surface area contributed by atoms with Gasteiger partial charge in [0.1, 0.15) is 0 Å². The summed E-state index contributed by atoms with van der Waals surface area (Å²) in [6.07, 6.45) is 3.50. The van der Waals surface area contributed by atoms with Gasteiger partial charge in [-0.2, -0.15) is 0 Å². The van der Waals surface area contributed by atoms with Crippen LogP contribution in [0.1, 0.15) is 18.5 Å². The highest BCUT2D eigenvalue weighted by Gasteiger charge is 2.22. The molecule has 4 rings (SSSR count). The summed E-state index contributed by atoms with van der Waals surface area (Å²) in [6.45, 7) is 5.36. The van der Waals surface area contributed by atoms with Crippen LogP contribution in [-0.2, 0) is 4.79 Å². The molecule has 2 aromatic carbocycles. The van der Waals surface area contributed by atoms with Crippen molar-refractivity contribution in [3.63, 3.8) is 0 Å². The molecule has 3 aromatic rings. The largest absolute Gasteiger partial charge is 0.338 e. The fraction of sp³-hybridized carbons (Fsp3) is 0.318. The van der Waals surface area contributed by atoms with Gasteiger partial charge >= 0.3 is 0 Å². The number of fused-ring (bicyclic) bond motifs is 1. The molecule has 0 unspecified atom stereocenters. The molecule has 0 radical (unpaired) electrons. The summed E-state index contributed by atoms with van der Waals surface area (Å²) in [6, 6.07) is 16.6. The van der Waals surface area contributed by atoms with E-state index in [1.807, 2.05) is 17.0 Å². The van der Waals surface area contributed by atoms with Crippen LogP contribution in [0.2, 0.25) is 0 Å². The summed E-state index contributed by atoms with van der Waals surface area (Å²) >= 11 is 0. The SMILES string of the molecule is C[C@@H](NCC(=O)N1CCN(c2ncccn2)CC1)c1cccc2ccccc12. The summed E-state index contributed by atoms with van der Waals surface area (Å²) in [5, 5.41) is 5.85. The lowest BCUT2D eigenvalue weighted by molar-refractivity contribution is -0.130. The number of hydrogen-bond acceptors (Lipinski definition) is 5. The minimum Gasteiger partial charge on any atom is -0.338 e. The highest BCUT2D eigenvalue weighted by atomic mass is 16.2. The van der Waals surface area contributed by atoms with Crippen LogP contribution in [0.15, 0.2) is 60.9 Å². The normalized spacial score (nSPS) is 15.6. The highest BCUT2D eigenvalue weighted by molar-refractivity contribution is 5.86. The summed E-state index contributed by atoms with van der Waals surface area (Å²) in [5.74, 6) is 0.873. The Bertz CT molecular complexity index is 933. The first-order valence-corrected chi connectivity index (χ1v) is 9.73. The molecular formula is C22H25N5O. The maximum absolute atomic E-state index is 12.7. The Kier molecular flexibility index (Phi) is 5.48. The van der Waals surface area contributed by atoms with Gasteiger partial charge in [0.15, 0.2) is 0 Å². The lowest BCUT2D eigenvalue weighted by Crippen LogP contribution is -2.51. The van der Waals surface area contributed by atoms with E-state index in [1.165, 1.54) is 16.3 Å². The van der Waals surface area contributed by atoms with Gasteiger partial charge in [0.05, 0.1) is 6.54 Å². The predicted octanol–water partition coefficient (Wildman–Crippen LogP) is 2.63. The maximum Gasteiger partial charge on any atom is 0.236 e. The first-order valence-electron chi connectivity index (χ1n) is 9.73. The van der Waals surface area contributed by atoms with Gasteiger partial charge < -0.3 is 15.1 Å². The number of hydrogen-bond donors (Lipinski definition) is 1. The Morgan fingerprint density at radius 1 is 1.00 bits per heavy atom. The van der Waals surface area contributed by atoms with E-state index in [4.69, 9.17) is 0 Å². The van der Waals surface area contributed by atoms with E-state index >= 15 is 0 Å². The fourth-order valence-corrected chi connectivity index (χ4v) is 3.70. The van der Waals surface area contributed by atoms with Crippen molar-refractivity contribution in [1.29, 1.82) is 0 Å². The monoisotopic (exact) mass is 375 g/mol. The van der Waals surface area contributed by atoms with Crippen molar-refractivity contribution >= 4 is 22.6 Å². The molecule has 0 spiro atoms. The number of amides is 1. The van der Waals surface area contributed by atoms with Crippen LogP contribution < -0.4 is 10.2 Å². The van der Waals surface area contributed by atoms with E-state index in [1.54, 1.807) is 12.4 Å². The Labute approximate surface area is 165 Å². The maximum atomic E-state index is 12.7. The van der Waals surface area contributed by atoms with Crippen molar-refractivity contribution in [3.05, 3.63) is 66.5 Å². The van der Waals surface area contributed by atoms with Gasteiger partial charge in [-0.3, -0.25) is 4.79 Å². The minimum atomic E-state index is 0.106. The van der Waals surface area contributed by atoms with Crippen molar-refractivity contribution in [3.8, 4) is 0 Å². The molecule has 1 fully saturated rings. The number of carbonyl (C=O) groups is 1. The van der Waals surface area contributed by atoms with Crippen molar-refractivity contribution in [2.75, 3.05) is 37.6 Å². The van der Waals surface area contributed by atoms with Crippen LogP contribution in [0.3, 0.4) is 0 Å². The quantitative estimate of drug-likeness (QED) is 0.743. The molecule has 1 N–H and O–H groups in total.